The molecule has 0 fully saturated rings. The van der Waals surface area contributed by atoms with Crippen molar-refractivity contribution in [3.8, 4) is 11.8 Å². The Bertz CT molecular complexity index is 1180. The quantitative estimate of drug-likeness (QED) is 0.201. The SMILES string of the molecule is CC.CC.CC.[3H]C(/C=C/C(C)(C)C)c1ccccc1.[3H]C(C#CC(C)(C)C)c1ccccc1.[3H]C(CC(C)(C)C)c1ccccc1. The van der Waals surface area contributed by atoms with Crippen molar-refractivity contribution >= 4 is 0 Å². The van der Waals surface area contributed by atoms with Gasteiger partial charge >= 0.3 is 0 Å². The van der Waals surface area contributed by atoms with Crippen LogP contribution < -0.4 is 0 Å². The molecule has 3 aromatic rings. The highest BCUT2D eigenvalue weighted by Gasteiger charge is 2.09. The number of benzene rings is 3. The molecule has 0 aliphatic rings. The first-order chi connectivity index (χ1) is 22.0. The molecule has 44 heavy (non-hydrogen) atoms. The molecule has 0 aliphatic carbocycles. The molecule has 0 saturated carbocycles. The van der Waals surface area contributed by atoms with Crippen LogP contribution in [0.4, 0.5) is 0 Å². The van der Waals surface area contributed by atoms with Crippen molar-refractivity contribution in [2.75, 3.05) is 0 Å². The highest BCUT2D eigenvalue weighted by molar-refractivity contribution is 5.22. The van der Waals surface area contributed by atoms with Gasteiger partial charge in [-0.25, -0.2) is 0 Å². The smallest absolute Gasteiger partial charge is 0.0453 e. The fourth-order valence-electron chi connectivity index (χ4n) is 2.91. The van der Waals surface area contributed by atoms with Crippen LogP contribution in [-0.2, 0) is 19.2 Å². The van der Waals surface area contributed by atoms with Gasteiger partial charge < -0.3 is 0 Å². The molecule has 0 bridgehead atoms. The number of hydrogen-bond donors (Lipinski definition) is 0. The first-order valence-electron chi connectivity index (χ1n) is 18.3. The van der Waals surface area contributed by atoms with Crippen LogP contribution in [0.15, 0.2) is 103 Å². The molecular weight excluding hydrogens is 528 g/mol. The standard InChI is InChI=1S/C13H18.C13H16.C12H18.3C2H6/c2*1-13(2,3)11-7-10-12-8-5-4-6-9-12;1-12(2,3)10-9-11-7-5-4-6-8-11;3*1-2/h4-9,11H,10H2,1-3H3;4-6,8-9H,10H2,1-3H3;4-8H,9-10H2,1-3H3;3*1-2H3/b11-7+;;;;;/i2*10T;9T;;;. The predicted molar refractivity (Wildman–Crippen MR) is 204 cm³/mol. The van der Waals surface area contributed by atoms with Gasteiger partial charge in [-0.3, -0.25) is 0 Å². The lowest BCUT2D eigenvalue weighted by molar-refractivity contribution is 0.378. The number of aryl methyl sites for hydroxylation is 1. The maximum atomic E-state index is 7.97. The number of rotatable bonds is 5. The molecule has 0 radical (unpaired) electrons. The van der Waals surface area contributed by atoms with E-state index in [9.17, 15) is 0 Å². The molecule has 0 amide bonds. The third-order valence-electron chi connectivity index (χ3n) is 4.92. The predicted octanol–water partition coefficient (Wildman–Crippen LogP) is 13.9. The molecule has 0 heteroatoms. The summed E-state index contributed by atoms with van der Waals surface area (Å²) in [5.41, 5.74) is 3.51. The molecule has 0 nitrogen and oxygen atoms in total. The van der Waals surface area contributed by atoms with Crippen LogP contribution in [0.2, 0.25) is 0 Å². The zero-order chi connectivity index (χ0) is 37.1. The average Bonchev–Trinajstić information content (AvgIpc) is 3.05. The molecule has 3 aromatic carbocycles. The van der Waals surface area contributed by atoms with Gasteiger partial charge in [0.2, 0.25) is 0 Å². The molecule has 0 spiro atoms. The second-order valence-electron chi connectivity index (χ2n) is 12.8. The van der Waals surface area contributed by atoms with E-state index in [1.165, 1.54) is 0 Å². The molecule has 3 atom stereocenters. The normalized spacial score (nSPS) is 13.4. The maximum Gasteiger partial charge on any atom is 0.0453 e. The third kappa shape index (κ3) is 33.5. The fraction of sp³-hybridized carbons (Fsp3) is 0.500. The molecule has 246 valence electrons. The Morgan fingerprint density at radius 1 is 0.568 bits per heavy atom. The zero-order valence-corrected chi connectivity index (χ0v) is 31.3. The lowest BCUT2D eigenvalue weighted by Crippen LogP contribution is -2.06. The Morgan fingerprint density at radius 3 is 1.32 bits per heavy atom. The molecule has 0 aromatic heterocycles. The van der Waals surface area contributed by atoms with Crippen LogP contribution in [0.1, 0.15) is 131 Å². The summed E-state index contributed by atoms with van der Waals surface area (Å²) in [7, 11) is 0. The van der Waals surface area contributed by atoms with E-state index in [-0.39, 0.29) is 29.0 Å². The largest absolute Gasteiger partial charge is 0.0980 e. The van der Waals surface area contributed by atoms with Gasteiger partial charge in [0, 0.05) is 15.9 Å². The summed E-state index contributed by atoms with van der Waals surface area (Å²) < 4.78 is 23.7. The molecule has 0 heterocycles. The van der Waals surface area contributed by atoms with Gasteiger partial charge in [0.1, 0.15) is 0 Å². The highest BCUT2D eigenvalue weighted by Crippen LogP contribution is 2.21. The number of allylic oxidation sites excluding steroid dienone is 2. The van der Waals surface area contributed by atoms with Gasteiger partial charge in [-0.15, -0.1) is 0 Å². The molecular formula is C44H70. The van der Waals surface area contributed by atoms with Crippen LogP contribution in [-0.4, -0.2) is 0 Å². The summed E-state index contributed by atoms with van der Waals surface area (Å²) in [6.07, 6.45) is 4.22. The van der Waals surface area contributed by atoms with E-state index in [1.54, 1.807) is 0 Å². The number of hydrogen-bond acceptors (Lipinski definition) is 0. The lowest BCUT2D eigenvalue weighted by Gasteiger charge is -2.17. The van der Waals surface area contributed by atoms with Crippen molar-refractivity contribution in [2.45, 2.75) is 129 Å². The summed E-state index contributed by atoms with van der Waals surface area (Å²) in [6, 6.07) is 29.7. The summed E-state index contributed by atoms with van der Waals surface area (Å²) in [6.45, 7) is 31.1. The molecule has 0 N–H and O–H groups in total. The molecule has 0 aliphatic heterocycles. The molecule has 0 saturated heterocycles. The highest BCUT2D eigenvalue weighted by atomic mass is 14.1. The van der Waals surface area contributed by atoms with Gasteiger partial charge in [-0.05, 0) is 67.5 Å². The lowest BCUT2D eigenvalue weighted by atomic mass is 9.89. The summed E-state index contributed by atoms with van der Waals surface area (Å²) >= 11 is 0. The van der Waals surface area contributed by atoms with Crippen LogP contribution in [0.25, 0.3) is 0 Å². The topological polar surface area (TPSA) is 0 Å². The summed E-state index contributed by atoms with van der Waals surface area (Å²) in [4.78, 5) is 0. The maximum absolute atomic E-state index is 7.97. The van der Waals surface area contributed by atoms with Crippen molar-refractivity contribution in [1.82, 2.24) is 0 Å². The Hall–Kier alpha value is -3.04. The van der Waals surface area contributed by atoms with Gasteiger partial charge in [-0.1, -0.05) is 198 Å². The Labute approximate surface area is 281 Å². The van der Waals surface area contributed by atoms with Crippen LogP contribution >= 0.6 is 0 Å². The Kier molecular flexibility index (Phi) is 24.4. The first kappa shape index (κ1) is 39.0. The minimum absolute atomic E-state index is 0.0198. The van der Waals surface area contributed by atoms with Crippen molar-refractivity contribution in [3.63, 3.8) is 0 Å². The van der Waals surface area contributed by atoms with E-state index < -0.39 is 6.40 Å². The Morgan fingerprint density at radius 2 is 0.955 bits per heavy atom. The van der Waals surface area contributed by atoms with Crippen molar-refractivity contribution in [3.05, 3.63) is 120 Å². The van der Waals surface area contributed by atoms with E-state index >= 15 is 0 Å². The van der Waals surface area contributed by atoms with E-state index in [0.29, 0.717) is 0 Å². The van der Waals surface area contributed by atoms with E-state index in [1.807, 2.05) is 139 Å². The minimum Gasteiger partial charge on any atom is -0.0980 e. The van der Waals surface area contributed by atoms with E-state index in [0.717, 1.165) is 23.1 Å². The second-order valence-corrected chi connectivity index (χ2v) is 12.8. The Balaban J connectivity index is -0.000000571. The summed E-state index contributed by atoms with van der Waals surface area (Å²) in [5, 5.41) is 0. The van der Waals surface area contributed by atoms with Crippen LogP contribution in [0.3, 0.4) is 0 Å². The summed E-state index contributed by atoms with van der Waals surface area (Å²) in [5.74, 6) is 6.04. The zero-order valence-electron chi connectivity index (χ0n) is 34.3. The van der Waals surface area contributed by atoms with Gasteiger partial charge in [0.25, 0.3) is 0 Å². The van der Waals surface area contributed by atoms with Crippen molar-refractivity contribution in [2.24, 2.45) is 16.2 Å². The minimum atomic E-state index is -0.421. The van der Waals surface area contributed by atoms with Gasteiger partial charge in [0.05, 0.1) is 0 Å². The monoisotopic (exact) mass is 605 g/mol. The van der Waals surface area contributed by atoms with E-state index in [2.05, 4.69) is 80.2 Å². The first-order valence-corrected chi connectivity index (χ1v) is 16.6. The second kappa shape index (κ2) is 27.5. The van der Waals surface area contributed by atoms with Crippen LogP contribution in [0, 0.1) is 28.1 Å². The fourth-order valence-corrected chi connectivity index (χ4v) is 2.91. The van der Waals surface area contributed by atoms with Crippen molar-refractivity contribution < 1.29 is 4.11 Å². The van der Waals surface area contributed by atoms with Gasteiger partial charge in [-0.2, -0.15) is 0 Å². The molecule has 3 unspecified atom stereocenters. The van der Waals surface area contributed by atoms with Crippen molar-refractivity contribution in [1.29, 1.82) is 0 Å². The molecule has 3 rings (SSSR count). The van der Waals surface area contributed by atoms with Gasteiger partial charge in [0.15, 0.2) is 0 Å². The van der Waals surface area contributed by atoms with E-state index in [4.69, 9.17) is 4.11 Å². The van der Waals surface area contributed by atoms with Crippen LogP contribution in [0.5, 0.6) is 0 Å². The third-order valence-corrected chi connectivity index (χ3v) is 4.92. The average molecular weight is 605 g/mol.